The molecular formula is C22H21NO2. The minimum Gasteiger partial charge on any atom is -0.489 e. The zero-order chi connectivity index (χ0) is 17.1. The third-order valence-electron chi connectivity index (χ3n) is 4.62. The molecule has 1 unspecified atom stereocenters. The Labute approximate surface area is 147 Å². The minimum absolute atomic E-state index is 0.461. The summed E-state index contributed by atoms with van der Waals surface area (Å²) in [5.41, 5.74) is 5.57. The van der Waals surface area contributed by atoms with E-state index in [1.54, 1.807) is 0 Å². The number of hydrogen-bond donors (Lipinski definition) is 2. The lowest BCUT2D eigenvalue weighted by molar-refractivity contribution is 0.163. The lowest BCUT2D eigenvalue weighted by atomic mass is 9.98. The van der Waals surface area contributed by atoms with Crippen LogP contribution in [-0.2, 0) is 13.2 Å². The van der Waals surface area contributed by atoms with Crippen molar-refractivity contribution in [2.24, 2.45) is 0 Å². The lowest BCUT2D eigenvalue weighted by Crippen LogP contribution is -2.28. The van der Waals surface area contributed by atoms with Gasteiger partial charge in [0.05, 0.1) is 6.10 Å². The van der Waals surface area contributed by atoms with Crippen LogP contribution in [-0.4, -0.2) is 11.7 Å². The zero-order valence-electron chi connectivity index (χ0n) is 14.0. The van der Waals surface area contributed by atoms with E-state index in [9.17, 15) is 5.11 Å². The largest absolute Gasteiger partial charge is 0.489 e. The van der Waals surface area contributed by atoms with Crippen LogP contribution in [0.5, 0.6) is 5.75 Å². The van der Waals surface area contributed by atoms with Gasteiger partial charge in [0.15, 0.2) is 0 Å². The van der Waals surface area contributed by atoms with Gasteiger partial charge in [-0.15, -0.1) is 0 Å². The van der Waals surface area contributed by atoms with Gasteiger partial charge in [-0.1, -0.05) is 66.7 Å². The van der Waals surface area contributed by atoms with Crippen LogP contribution in [0.1, 0.15) is 22.8 Å². The fraction of sp³-hybridized carbons (Fsp3) is 0.182. The molecule has 3 aromatic carbocycles. The number of nitrogens with one attached hydrogen (secondary N) is 1. The highest BCUT2D eigenvalue weighted by Gasteiger charge is 2.20. The number of benzene rings is 3. The smallest absolute Gasteiger partial charge is 0.124 e. The number of ether oxygens (including phenoxy) is 1. The number of aliphatic hydroxyl groups is 1. The first kappa shape index (κ1) is 15.9. The topological polar surface area (TPSA) is 41.5 Å². The number of hydrogen-bond acceptors (Lipinski definition) is 3. The molecule has 4 rings (SSSR count). The van der Waals surface area contributed by atoms with Gasteiger partial charge in [0.1, 0.15) is 12.4 Å². The van der Waals surface area contributed by atoms with Crippen molar-refractivity contribution >= 4 is 0 Å². The minimum atomic E-state index is -0.461. The van der Waals surface area contributed by atoms with Crippen LogP contribution in [0.15, 0.2) is 72.8 Å². The Kier molecular flexibility index (Phi) is 4.51. The van der Waals surface area contributed by atoms with Crippen molar-refractivity contribution in [2.75, 3.05) is 6.54 Å². The Hall–Kier alpha value is -2.62. The van der Waals surface area contributed by atoms with Crippen LogP contribution in [0.25, 0.3) is 11.1 Å². The quantitative estimate of drug-likeness (QED) is 0.757. The van der Waals surface area contributed by atoms with Crippen LogP contribution in [0.4, 0.5) is 0 Å². The molecule has 1 aliphatic rings. The molecule has 0 saturated heterocycles. The van der Waals surface area contributed by atoms with Crippen LogP contribution < -0.4 is 10.1 Å². The first-order valence-electron chi connectivity index (χ1n) is 8.59. The fourth-order valence-corrected chi connectivity index (χ4v) is 3.25. The average Bonchev–Trinajstić information content (AvgIpc) is 2.68. The standard InChI is InChI=1S/C22H21NO2/c24-21-14-23-13-20-19(21)7-4-8-22(20)25-15-16-9-11-18(12-10-16)17-5-2-1-3-6-17/h1-12,21,23-24H,13-15H2. The van der Waals surface area contributed by atoms with Gasteiger partial charge >= 0.3 is 0 Å². The predicted molar refractivity (Wildman–Crippen MR) is 99.3 cm³/mol. The Balaban J connectivity index is 1.48. The Bertz CT molecular complexity index is 844. The average molecular weight is 331 g/mol. The highest BCUT2D eigenvalue weighted by atomic mass is 16.5. The van der Waals surface area contributed by atoms with E-state index >= 15 is 0 Å². The Morgan fingerprint density at radius 3 is 2.44 bits per heavy atom. The molecule has 0 spiro atoms. The van der Waals surface area contributed by atoms with Gasteiger partial charge in [-0.3, -0.25) is 0 Å². The van der Waals surface area contributed by atoms with Gasteiger partial charge < -0.3 is 15.2 Å². The first-order chi connectivity index (χ1) is 12.3. The summed E-state index contributed by atoms with van der Waals surface area (Å²) in [6, 6.07) is 24.7. The molecule has 0 radical (unpaired) electrons. The predicted octanol–water partition coefficient (Wildman–Crippen LogP) is 4.07. The third-order valence-corrected chi connectivity index (χ3v) is 4.62. The SMILES string of the molecule is OC1CNCc2c(OCc3ccc(-c4ccccc4)cc3)cccc21. The summed E-state index contributed by atoms with van der Waals surface area (Å²) in [5, 5.41) is 13.3. The van der Waals surface area contributed by atoms with Crippen molar-refractivity contribution in [3.05, 3.63) is 89.5 Å². The van der Waals surface area contributed by atoms with Gasteiger partial charge in [-0.25, -0.2) is 0 Å². The zero-order valence-corrected chi connectivity index (χ0v) is 14.0. The monoisotopic (exact) mass is 331 g/mol. The fourth-order valence-electron chi connectivity index (χ4n) is 3.25. The van der Waals surface area contributed by atoms with E-state index < -0.39 is 6.10 Å². The molecule has 0 saturated carbocycles. The molecule has 0 aliphatic carbocycles. The van der Waals surface area contributed by atoms with Crippen molar-refractivity contribution < 1.29 is 9.84 Å². The van der Waals surface area contributed by atoms with Crippen LogP contribution in [0, 0.1) is 0 Å². The molecular weight excluding hydrogens is 310 g/mol. The van der Waals surface area contributed by atoms with Crippen molar-refractivity contribution in [3.63, 3.8) is 0 Å². The molecule has 0 bridgehead atoms. The summed E-state index contributed by atoms with van der Waals surface area (Å²) in [6.07, 6.45) is -0.461. The summed E-state index contributed by atoms with van der Waals surface area (Å²) in [7, 11) is 0. The normalized spacial score (nSPS) is 16.3. The molecule has 3 aromatic rings. The molecule has 3 nitrogen and oxygen atoms in total. The van der Waals surface area contributed by atoms with E-state index in [1.165, 1.54) is 11.1 Å². The van der Waals surface area contributed by atoms with Gasteiger partial charge in [0.25, 0.3) is 0 Å². The van der Waals surface area contributed by atoms with Crippen molar-refractivity contribution in [3.8, 4) is 16.9 Å². The van der Waals surface area contributed by atoms with E-state index in [1.807, 2.05) is 36.4 Å². The first-order valence-corrected chi connectivity index (χ1v) is 8.59. The van der Waals surface area contributed by atoms with Crippen molar-refractivity contribution in [1.29, 1.82) is 0 Å². The maximum atomic E-state index is 10.1. The second kappa shape index (κ2) is 7.09. The maximum Gasteiger partial charge on any atom is 0.124 e. The Morgan fingerprint density at radius 1 is 0.880 bits per heavy atom. The molecule has 3 heteroatoms. The summed E-state index contributed by atoms with van der Waals surface area (Å²) >= 11 is 0. The molecule has 1 heterocycles. The molecule has 1 aliphatic heterocycles. The van der Waals surface area contributed by atoms with E-state index in [4.69, 9.17) is 4.74 Å². The molecule has 0 aromatic heterocycles. The van der Waals surface area contributed by atoms with Crippen LogP contribution in [0.2, 0.25) is 0 Å². The molecule has 1 atom stereocenters. The second-order valence-electron chi connectivity index (χ2n) is 6.32. The second-order valence-corrected chi connectivity index (χ2v) is 6.32. The number of aliphatic hydroxyl groups excluding tert-OH is 1. The summed E-state index contributed by atoms with van der Waals surface area (Å²) in [6.45, 7) is 1.84. The van der Waals surface area contributed by atoms with Crippen molar-refractivity contribution in [1.82, 2.24) is 5.32 Å². The highest BCUT2D eigenvalue weighted by molar-refractivity contribution is 5.63. The van der Waals surface area contributed by atoms with E-state index in [0.29, 0.717) is 13.2 Å². The molecule has 126 valence electrons. The van der Waals surface area contributed by atoms with Gasteiger partial charge in [-0.2, -0.15) is 0 Å². The number of rotatable bonds is 4. The maximum absolute atomic E-state index is 10.1. The molecule has 25 heavy (non-hydrogen) atoms. The summed E-state index contributed by atoms with van der Waals surface area (Å²) in [5.74, 6) is 0.843. The Morgan fingerprint density at radius 2 is 1.64 bits per heavy atom. The van der Waals surface area contributed by atoms with E-state index in [-0.39, 0.29) is 0 Å². The van der Waals surface area contributed by atoms with Crippen LogP contribution >= 0.6 is 0 Å². The summed E-state index contributed by atoms with van der Waals surface area (Å²) < 4.78 is 6.03. The molecule has 2 N–H and O–H groups in total. The number of β-amino-alcohol motifs (C(OH)–C–C–N with tert-alkyl or cyclic N) is 1. The van der Waals surface area contributed by atoms with Gasteiger partial charge in [-0.05, 0) is 28.3 Å². The molecule has 0 amide bonds. The molecule has 0 fully saturated rings. The van der Waals surface area contributed by atoms with Crippen molar-refractivity contribution in [2.45, 2.75) is 19.3 Å². The van der Waals surface area contributed by atoms with E-state index in [2.05, 4.69) is 41.7 Å². The lowest BCUT2D eigenvalue weighted by Gasteiger charge is -2.24. The summed E-state index contributed by atoms with van der Waals surface area (Å²) in [4.78, 5) is 0. The number of fused-ring (bicyclic) bond motifs is 1. The highest BCUT2D eigenvalue weighted by Crippen LogP contribution is 2.30. The van der Waals surface area contributed by atoms with Gasteiger partial charge in [0.2, 0.25) is 0 Å². The van der Waals surface area contributed by atoms with Crippen LogP contribution in [0.3, 0.4) is 0 Å². The van der Waals surface area contributed by atoms with Gasteiger partial charge in [0, 0.05) is 18.7 Å². The third kappa shape index (κ3) is 3.43. The van der Waals surface area contributed by atoms with E-state index in [0.717, 1.165) is 29.0 Å².